The molecule has 1 amide bonds. The molecule has 0 saturated carbocycles. The van der Waals surface area contributed by atoms with E-state index in [9.17, 15) is 29.4 Å². The fraction of sp³-hybridized carbons (Fsp3) is 0.438. The lowest BCUT2D eigenvalue weighted by Gasteiger charge is -2.39. The Morgan fingerprint density at radius 3 is 2.79 bits per heavy atom. The Labute approximate surface area is 166 Å². The van der Waals surface area contributed by atoms with Gasteiger partial charge in [0.1, 0.15) is 30.1 Å². The van der Waals surface area contributed by atoms with E-state index in [0.29, 0.717) is 21.8 Å². The van der Waals surface area contributed by atoms with Crippen LogP contribution in [-0.2, 0) is 27.1 Å². The number of amides is 1. The zero-order valence-electron chi connectivity index (χ0n) is 14.8. The largest absolute Gasteiger partial charge is 0.394 e. The number of aliphatic hydroxyl groups excluding tert-OH is 4. The van der Waals surface area contributed by atoms with Gasteiger partial charge < -0.3 is 29.9 Å². The van der Waals surface area contributed by atoms with Gasteiger partial charge in [-0.1, -0.05) is 5.21 Å². The quantitative estimate of drug-likeness (QED) is 0.339. The second-order valence-electron chi connectivity index (χ2n) is 6.54. The number of aromatic nitrogens is 3. The van der Waals surface area contributed by atoms with Crippen LogP contribution in [0, 0.1) is 0 Å². The number of fused-ring (bicyclic) bond motifs is 1. The normalized spacial score (nSPS) is 31.5. The van der Waals surface area contributed by atoms with Gasteiger partial charge in [-0.25, -0.2) is 8.89 Å². The number of hydrogen-bond donors (Lipinski definition) is 5. The van der Waals surface area contributed by atoms with Gasteiger partial charge in [0, 0.05) is 0 Å². The zero-order valence-corrected chi connectivity index (χ0v) is 15.6. The van der Waals surface area contributed by atoms with Gasteiger partial charge in [-0.05, 0) is 18.2 Å². The van der Waals surface area contributed by atoms with Crippen LogP contribution >= 0.6 is 0 Å². The zero-order chi connectivity index (χ0) is 20.7. The van der Waals surface area contributed by atoms with Gasteiger partial charge in [-0.3, -0.25) is 9.52 Å². The first-order chi connectivity index (χ1) is 13.9. The second-order valence-corrected chi connectivity index (χ2v) is 7.72. The summed E-state index contributed by atoms with van der Waals surface area (Å²) in [5, 5.41) is 46.6. The molecule has 4 unspecified atom stereocenters. The summed E-state index contributed by atoms with van der Waals surface area (Å²) < 4.78 is 26.3. The maximum atomic E-state index is 11.9. The highest BCUT2D eigenvalue weighted by Gasteiger charge is 2.44. The van der Waals surface area contributed by atoms with Crippen LogP contribution in [0.15, 0.2) is 29.3 Å². The molecule has 2 aliphatic rings. The highest BCUT2D eigenvalue weighted by atomic mass is 32.2. The molecule has 0 aliphatic carbocycles. The van der Waals surface area contributed by atoms with E-state index in [1.807, 2.05) is 0 Å². The van der Waals surface area contributed by atoms with Gasteiger partial charge in [-0.15, -0.1) is 5.10 Å². The molecule has 2 aliphatic heterocycles. The van der Waals surface area contributed by atoms with Crippen molar-refractivity contribution in [3.63, 3.8) is 0 Å². The predicted molar refractivity (Wildman–Crippen MR) is 93.8 cm³/mol. The summed E-state index contributed by atoms with van der Waals surface area (Å²) in [6.45, 7) is -0.697. The van der Waals surface area contributed by atoms with Crippen molar-refractivity contribution < 1.29 is 38.9 Å². The van der Waals surface area contributed by atoms with Gasteiger partial charge in [0.2, 0.25) is 0 Å². The number of carbonyl (C=O) groups is 1. The molecule has 1 aromatic heterocycles. The number of ether oxygens (including phenoxy) is 2. The molecule has 1 aromatic carbocycles. The first kappa shape index (κ1) is 20.0. The van der Waals surface area contributed by atoms with Crippen molar-refractivity contribution in [2.75, 3.05) is 6.61 Å². The molecule has 5 N–H and O–H groups in total. The Balaban J connectivity index is 1.45. The molecule has 0 bridgehead atoms. The predicted octanol–water partition coefficient (Wildman–Crippen LogP) is -2.65. The molecule has 156 valence electrons. The fourth-order valence-corrected chi connectivity index (χ4v) is 4.03. The van der Waals surface area contributed by atoms with E-state index >= 15 is 0 Å². The topological polar surface area (TPSA) is 176 Å². The molecule has 0 radical (unpaired) electrons. The molecule has 1 saturated heterocycles. The van der Waals surface area contributed by atoms with Gasteiger partial charge in [-0.2, -0.15) is 0 Å². The fourth-order valence-electron chi connectivity index (χ4n) is 3.05. The van der Waals surface area contributed by atoms with Gasteiger partial charge in [0.05, 0.1) is 35.6 Å². The molecular weight excluding hydrogens is 408 g/mol. The summed E-state index contributed by atoms with van der Waals surface area (Å²) in [4.78, 5) is 12.0. The Kier molecular flexibility index (Phi) is 5.44. The number of nitrogens with one attached hydrogen (secondary N) is 1. The van der Waals surface area contributed by atoms with Crippen LogP contribution in [0.5, 0.6) is 0 Å². The number of hydrogen-bond acceptors (Lipinski definition) is 10. The van der Waals surface area contributed by atoms with E-state index in [2.05, 4.69) is 15.0 Å². The Morgan fingerprint density at radius 2 is 2.03 bits per heavy atom. The van der Waals surface area contributed by atoms with E-state index in [0.717, 1.165) is 0 Å². The van der Waals surface area contributed by atoms with Crippen molar-refractivity contribution in [3.8, 4) is 5.69 Å². The molecule has 6 atom stereocenters. The van der Waals surface area contributed by atoms with Gasteiger partial charge >= 0.3 is 0 Å². The first-order valence-electron chi connectivity index (χ1n) is 8.59. The maximum absolute atomic E-state index is 11.9. The van der Waals surface area contributed by atoms with E-state index in [4.69, 9.17) is 9.47 Å². The number of carbonyl (C=O) groups excluding carboxylic acids is 1. The van der Waals surface area contributed by atoms with Crippen LogP contribution in [0.1, 0.15) is 16.1 Å². The molecule has 12 nitrogen and oxygen atoms in total. The highest BCUT2D eigenvalue weighted by molar-refractivity contribution is 7.84. The third-order valence-corrected chi connectivity index (χ3v) is 5.75. The lowest BCUT2D eigenvalue weighted by Crippen LogP contribution is -2.59. The molecule has 13 heteroatoms. The lowest BCUT2D eigenvalue weighted by atomic mass is 9.99. The van der Waals surface area contributed by atoms with Gasteiger partial charge in [0.15, 0.2) is 17.3 Å². The summed E-state index contributed by atoms with van der Waals surface area (Å²) in [5.41, 5.74) is 1.22. The lowest BCUT2D eigenvalue weighted by molar-refractivity contribution is -0.304. The number of rotatable bonds is 5. The first-order valence-corrected chi connectivity index (χ1v) is 9.74. The smallest absolute Gasteiger partial charge is 0.264 e. The van der Waals surface area contributed by atoms with Crippen molar-refractivity contribution in [2.24, 2.45) is 0 Å². The summed E-state index contributed by atoms with van der Waals surface area (Å²) in [5.74, 6) is -0.405. The monoisotopic (exact) mass is 426 g/mol. The SMILES string of the molecule is O=C1NS(=O)c2cc(-n3cc(COC4OC(CO)[C@@H](O)C(O)[C@H]4O)nn3)ccc21. The van der Waals surface area contributed by atoms with E-state index in [1.54, 1.807) is 12.1 Å². The number of nitrogens with zero attached hydrogens (tertiary/aromatic N) is 3. The maximum Gasteiger partial charge on any atom is 0.264 e. The summed E-state index contributed by atoms with van der Waals surface area (Å²) in [6, 6.07) is 4.72. The standard InChI is InChI=1S/C16H18N4O8S/c21-5-10-12(22)13(23)14(24)16(28-10)27-6-7-4-20(19-17-7)8-1-2-9-11(3-8)29(26)18-15(9)25/h1-4,10,12-14,16,21-24H,5-6H2,(H,18,25)/t10?,12-,13?,14-,16?,29?/m1/s1. The molecule has 3 heterocycles. The van der Waals surface area contributed by atoms with Crippen LogP contribution in [0.25, 0.3) is 5.69 Å². The minimum Gasteiger partial charge on any atom is -0.394 e. The number of aliphatic hydroxyl groups is 4. The third-order valence-electron chi connectivity index (χ3n) is 4.64. The van der Waals surface area contributed by atoms with Gasteiger partial charge in [0.25, 0.3) is 5.91 Å². The second kappa shape index (κ2) is 7.87. The average Bonchev–Trinajstić information content (AvgIpc) is 3.30. The van der Waals surface area contributed by atoms with E-state index in [1.165, 1.54) is 16.9 Å². The van der Waals surface area contributed by atoms with Crippen LogP contribution in [0.2, 0.25) is 0 Å². The molecule has 4 rings (SSSR count). The minimum atomic E-state index is -1.62. The molecular formula is C16H18N4O8S. The van der Waals surface area contributed by atoms with Crippen molar-refractivity contribution in [1.82, 2.24) is 19.7 Å². The van der Waals surface area contributed by atoms with Crippen LogP contribution < -0.4 is 4.72 Å². The Hall–Kier alpha value is -2.26. The van der Waals surface area contributed by atoms with Crippen molar-refractivity contribution in [2.45, 2.75) is 42.2 Å². The summed E-state index contributed by atoms with van der Waals surface area (Å²) in [6.07, 6.45) is -5.35. The van der Waals surface area contributed by atoms with Crippen molar-refractivity contribution in [1.29, 1.82) is 0 Å². The average molecular weight is 426 g/mol. The van der Waals surface area contributed by atoms with Crippen molar-refractivity contribution >= 4 is 16.9 Å². The van der Waals surface area contributed by atoms with Crippen LogP contribution in [0.4, 0.5) is 0 Å². The third kappa shape index (κ3) is 3.69. The Bertz CT molecular complexity index is 951. The highest BCUT2D eigenvalue weighted by Crippen LogP contribution is 2.24. The van der Waals surface area contributed by atoms with E-state index < -0.39 is 54.2 Å². The van der Waals surface area contributed by atoms with Crippen LogP contribution in [-0.4, -0.2) is 82.8 Å². The summed E-state index contributed by atoms with van der Waals surface area (Å²) in [7, 11) is -1.62. The molecule has 2 aromatic rings. The molecule has 1 fully saturated rings. The minimum absolute atomic E-state index is 0.139. The Morgan fingerprint density at radius 1 is 1.24 bits per heavy atom. The van der Waals surface area contributed by atoms with E-state index in [-0.39, 0.29) is 6.61 Å². The molecule has 0 spiro atoms. The van der Waals surface area contributed by atoms with Crippen LogP contribution in [0.3, 0.4) is 0 Å². The summed E-state index contributed by atoms with van der Waals surface area (Å²) >= 11 is 0. The number of benzene rings is 1. The van der Waals surface area contributed by atoms with Crippen molar-refractivity contribution in [3.05, 3.63) is 35.7 Å². The molecule has 29 heavy (non-hydrogen) atoms.